The standard InChI is InChI=1S/C12H13FO4/c1-3-8(14)17-12-7-4-6(10(12)13)5(2)9(7)16-11(12)15/h3,5-7,9-10H,1,4H2,2H3. The SMILES string of the molecule is C=CC(=O)OC12C(=O)OC3C(C)C(CC31)C2F. The molecule has 6 atom stereocenters. The third-order valence-corrected chi connectivity index (χ3v) is 4.45. The van der Waals surface area contributed by atoms with E-state index in [9.17, 15) is 14.0 Å². The highest BCUT2D eigenvalue weighted by Crippen LogP contribution is 2.61. The first kappa shape index (κ1) is 10.7. The fourth-order valence-corrected chi connectivity index (χ4v) is 3.63. The van der Waals surface area contributed by atoms with Crippen LogP contribution < -0.4 is 0 Å². The first-order chi connectivity index (χ1) is 8.02. The number of carbonyl (C=O) groups is 2. The van der Waals surface area contributed by atoms with Crippen molar-refractivity contribution >= 4 is 11.9 Å². The quantitative estimate of drug-likeness (QED) is 0.534. The Balaban J connectivity index is 2.02. The van der Waals surface area contributed by atoms with Crippen molar-refractivity contribution in [2.45, 2.75) is 31.2 Å². The normalized spacial score (nSPS) is 50.2. The molecule has 0 aromatic heterocycles. The summed E-state index contributed by atoms with van der Waals surface area (Å²) < 4.78 is 24.6. The lowest BCUT2D eigenvalue weighted by molar-refractivity contribution is -0.177. The summed E-state index contributed by atoms with van der Waals surface area (Å²) in [7, 11) is 0. The van der Waals surface area contributed by atoms with Gasteiger partial charge in [-0.3, -0.25) is 0 Å². The lowest BCUT2D eigenvalue weighted by atomic mass is 9.78. The highest BCUT2D eigenvalue weighted by Gasteiger charge is 2.77. The molecule has 0 radical (unpaired) electrons. The molecule has 2 bridgehead atoms. The summed E-state index contributed by atoms with van der Waals surface area (Å²) in [5.41, 5.74) is -1.70. The van der Waals surface area contributed by atoms with E-state index in [1.165, 1.54) is 0 Å². The van der Waals surface area contributed by atoms with Crippen molar-refractivity contribution in [1.29, 1.82) is 0 Å². The molecule has 3 aliphatic rings. The zero-order valence-corrected chi connectivity index (χ0v) is 9.39. The second kappa shape index (κ2) is 3.09. The molecule has 0 aromatic carbocycles. The molecule has 0 N–H and O–H groups in total. The highest BCUT2D eigenvalue weighted by molar-refractivity contribution is 5.90. The van der Waals surface area contributed by atoms with Crippen LogP contribution in [0.15, 0.2) is 12.7 Å². The summed E-state index contributed by atoms with van der Waals surface area (Å²) >= 11 is 0. The van der Waals surface area contributed by atoms with Gasteiger partial charge in [0.25, 0.3) is 0 Å². The van der Waals surface area contributed by atoms with Crippen molar-refractivity contribution in [2.24, 2.45) is 17.8 Å². The zero-order chi connectivity index (χ0) is 12.4. The van der Waals surface area contributed by atoms with Crippen LogP contribution in [0.2, 0.25) is 0 Å². The van der Waals surface area contributed by atoms with E-state index >= 15 is 0 Å². The summed E-state index contributed by atoms with van der Waals surface area (Å²) in [6, 6.07) is 0. The van der Waals surface area contributed by atoms with Crippen molar-refractivity contribution in [3.05, 3.63) is 12.7 Å². The van der Waals surface area contributed by atoms with E-state index in [1.54, 1.807) is 0 Å². The average molecular weight is 240 g/mol. The molecular weight excluding hydrogens is 227 g/mol. The van der Waals surface area contributed by atoms with Crippen molar-refractivity contribution < 1.29 is 23.5 Å². The van der Waals surface area contributed by atoms with Crippen LogP contribution >= 0.6 is 0 Å². The molecule has 4 nitrogen and oxygen atoms in total. The molecule has 92 valence electrons. The minimum atomic E-state index is -1.70. The maximum absolute atomic E-state index is 14.4. The minimum absolute atomic E-state index is 0.00277. The van der Waals surface area contributed by atoms with Crippen LogP contribution in [-0.4, -0.2) is 29.8 Å². The molecule has 3 rings (SSSR count). The fraction of sp³-hybridized carbons (Fsp3) is 0.667. The number of ether oxygens (including phenoxy) is 2. The van der Waals surface area contributed by atoms with Gasteiger partial charge in [0, 0.05) is 12.0 Å². The van der Waals surface area contributed by atoms with E-state index in [2.05, 4.69) is 6.58 Å². The molecule has 5 heteroatoms. The largest absolute Gasteiger partial charge is 0.459 e. The van der Waals surface area contributed by atoms with Crippen molar-refractivity contribution in [3.63, 3.8) is 0 Å². The van der Waals surface area contributed by atoms with Crippen molar-refractivity contribution in [1.82, 2.24) is 0 Å². The lowest BCUT2D eigenvalue weighted by Gasteiger charge is -2.32. The molecule has 3 fully saturated rings. The minimum Gasteiger partial charge on any atom is -0.459 e. The third-order valence-electron chi connectivity index (χ3n) is 4.45. The average Bonchev–Trinajstić information content (AvgIpc) is 2.84. The van der Waals surface area contributed by atoms with Gasteiger partial charge in [0.1, 0.15) is 6.10 Å². The van der Waals surface area contributed by atoms with Crippen LogP contribution in [0, 0.1) is 17.8 Å². The van der Waals surface area contributed by atoms with Crippen LogP contribution in [0.3, 0.4) is 0 Å². The number of fused-ring (bicyclic) bond motifs is 1. The van der Waals surface area contributed by atoms with E-state index in [-0.39, 0.29) is 23.9 Å². The van der Waals surface area contributed by atoms with Gasteiger partial charge in [0.2, 0.25) is 5.60 Å². The Labute approximate surface area is 97.8 Å². The fourth-order valence-electron chi connectivity index (χ4n) is 3.63. The molecule has 1 saturated heterocycles. The first-order valence-electron chi connectivity index (χ1n) is 5.73. The van der Waals surface area contributed by atoms with Gasteiger partial charge in [-0.05, 0) is 12.3 Å². The number of carbonyl (C=O) groups excluding carboxylic acids is 2. The molecule has 17 heavy (non-hydrogen) atoms. The van der Waals surface area contributed by atoms with Gasteiger partial charge >= 0.3 is 11.9 Å². The molecule has 0 aromatic rings. The number of hydrogen-bond donors (Lipinski definition) is 0. The Kier molecular flexibility index (Phi) is 1.95. The second-order valence-corrected chi connectivity index (χ2v) is 5.06. The molecule has 1 aliphatic heterocycles. The second-order valence-electron chi connectivity index (χ2n) is 5.06. The number of halogens is 1. The van der Waals surface area contributed by atoms with E-state index < -0.39 is 23.7 Å². The van der Waals surface area contributed by atoms with E-state index in [4.69, 9.17) is 9.47 Å². The van der Waals surface area contributed by atoms with Gasteiger partial charge in [0.05, 0.1) is 5.92 Å². The molecular formula is C12H13FO4. The predicted molar refractivity (Wildman–Crippen MR) is 54.6 cm³/mol. The maximum Gasteiger partial charge on any atom is 0.354 e. The van der Waals surface area contributed by atoms with E-state index in [0.717, 1.165) is 6.08 Å². The van der Waals surface area contributed by atoms with Crippen molar-refractivity contribution in [3.8, 4) is 0 Å². The lowest BCUT2D eigenvalue weighted by Crippen LogP contribution is -2.53. The summed E-state index contributed by atoms with van der Waals surface area (Å²) in [5, 5.41) is 0. The monoisotopic (exact) mass is 240 g/mol. The Hall–Kier alpha value is -1.39. The van der Waals surface area contributed by atoms with Crippen LogP contribution in [0.1, 0.15) is 13.3 Å². The Morgan fingerprint density at radius 2 is 2.41 bits per heavy atom. The summed E-state index contributed by atoms with van der Waals surface area (Å²) in [5.74, 6) is -2.10. The summed E-state index contributed by atoms with van der Waals surface area (Å²) in [4.78, 5) is 23.1. The first-order valence-corrected chi connectivity index (χ1v) is 5.73. The van der Waals surface area contributed by atoms with Crippen LogP contribution in [-0.2, 0) is 19.1 Å². The molecule has 6 unspecified atom stereocenters. The van der Waals surface area contributed by atoms with Gasteiger partial charge < -0.3 is 9.47 Å². The highest BCUT2D eigenvalue weighted by atomic mass is 19.1. The Morgan fingerprint density at radius 1 is 1.71 bits per heavy atom. The topological polar surface area (TPSA) is 52.6 Å². The van der Waals surface area contributed by atoms with E-state index in [1.807, 2.05) is 6.92 Å². The van der Waals surface area contributed by atoms with Gasteiger partial charge in [-0.1, -0.05) is 13.5 Å². The van der Waals surface area contributed by atoms with Gasteiger partial charge in [0.15, 0.2) is 6.17 Å². The predicted octanol–water partition coefficient (Wildman–Crippen LogP) is 1.00. The van der Waals surface area contributed by atoms with Crippen molar-refractivity contribution in [2.75, 3.05) is 0 Å². The maximum atomic E-state index is 14.4. The summed E-state index contributed by atoms with van der Waals surface area (Å²) in [6.07, 6.45) is -0.282. The Morgan fingerprint density at radius 3 is 3.00 bits per heavy atom. The van der Waals surface area contributed by atoms with Gasteiger partial charge in [-0.2, -0.15) is 0 Å². The van der Waals surface area contributed by atoms with Crippen LogP contribution in [0.5, 0.6) is 0 Å². The molecule has 2 aliphatic carbocycles. The smallest absolute Gasteiger partial charge is 0.354 e. The number of esters is 2. The molecule has 0 amide bonds. The number of alkyl halides is 1. The zero-order valence-electron chi connectivity index (χ0n) is 9.39. The number of rotatable bonds is 2. The van der Waals surface area contributed by atoms with Crippen LogP contribution in [0.25, 0.3) is 0 Å². The molecule has 0 spiro atoms. The van der Waals surface area contributed by atoms with Gasteiger partial charge in [-0.15, -0.1) is 0 Å². The van der Waals surface area contributed by atoms with Crippen LogP contribution in [0.4, 0.5) is 4.39 Å². The van der Waals surface area contributed by atoms with Gasteiger partial charge in [-0.25, -0.2) is 14.0 Å². The molecule has 1 heterocycles. The summed E-state index contributed by atoms with van der Waals surface area (Å²) in [6.45, 7) is 5.13. The molecule has 2 saturated carbocycles. The Bertz CT molecular complexity index is 421. The third kappa shape index (κ3) is 1.02. The number of hydrogen-bond acceptors (Lipinski definition) is 4. The van der Waals surface area contributed by atoms with E-state index in [0.29, 0.717) is 6.42 Å².